The summed E-state index contributed by atoms with van der Waals surface area (Å²) in [4.78, 5) is 22.6. The third kappa shape index (κ3) is 2.39. The molecule has 4 unspecified atom stereocenters. The molecule has 1 N–H and O–H groups in total. The van der Waals surface area contributed by atoms with Gasteiger partial charge in [0.1, 0.15) is 0 Å². The van der Waals surface area contributed by atoms with Crippen molar-refractivity contribution >= 4 is 5.97 Å². The van der Waals surface area contributed by atoms with E-state index in [1.807, 2.05) is 13.8 Å². The Morgan fingerprint density at radius 1 is 1.59 bits per heavy atom. The van der Waals surface area contributed by atoms with Crippen LogP contribution in [0.1, 0.15) is 27.2 Å². The number of nitroso groups, excluding NO2 is 1. The number of carbonyl (C=O) groups excluding carboxylic acids is 1. The summed E-state index contributed by atoms with van der Waals surface area (Å²) in [6, 6.07) is 0. The highest BCUT2D eigenvalue weighted by Gasteiger charge is 2.43. The summed E-state index contributed by atoms with van der Waals surface area (Å²) < 4.78 is 4.62. The summed E-state index contributed by atoms with van der Waals surface area (Å²) in [5, 5.41) is 12.8. The van der Waals surface area contributed by atoms with E-state index in [9.17, 15) is 14.8 Å². The zero-order chi connectivity index (χ0) is 13.2. The van der Waals surface area contributed by atoms with Crippen LogP contribution in [0.25, 0.3) is 0 Å². The number of carbonyl (C=O) groups is 1. The van der Waals surface area contributed by atoms with E-state index in [1.54, 1.807) is 6.08 Å². The number of ether oxygens (including phenoxy) is 1. The fourth-order valence-corrected chi connectivity index (χ4v) is 2.26. The van der Waals surface area contributed by atoms with Crippen molar-refractivity contribution < 1.29 is 14.6 Å². The Hall–Kier alpha value is -1.23. The number of rotatable bonds is 3. The lowest BCUT2D eigenvalue weighted by molar-refractivity contribution is -0.145. The smallest absolute Gasteiger partial charge is 0.341 e. The van der Waals surface area contributed by atoms with Crippen LogP contribution in [0.2, 0.25) is 0 Å². The molecule has 0 bridgehead atoms. The van der Waals surface area contributed by atoms with Gasteiger partial charge in [-0.3, -0.25) is 0 Å². The van der Waals surface area contributed by atoms with Gasteiger partial charge in [0.2, 0.25) is 5.54 Å². The van der Waals surface area contributed by atoms with Crippen LogP contribution in [0.5, 0.6) is 0 Å². The Morgan fingerprint density at radius 2 is 2.18 bits per heavy atom. The van der Waals surface area contributed by atoms with Gasteiger partial charge >= 0.3 is 5.97 Å². The topological polar surface area (TPSA) is 76.0 Å². The number of esters is 1. The summed E-state index contributed by atoms with van der Waals surface area (Å²) in [5.74, 6) is -0.759. The molecule has 17 heavy (non-hydrogen) atoms. The SMILES string of the molecule is COC(=O)C(C)(N=O)C1=CC(C)C(O)C(C)C1. The summed E-state index contributed by atoms with van der Waals surface area (Å²) in [5.41, 5.74) is -0.845. The van der Waals surface area contributed by atoms with Gasteiger partial charge in [0.25, 0.3) is 0 Å². The van der Waals surface area contributed by atoms with Crippen molar-refractivity contribution in [3.63, 3.8) is 0 Å². The first-order chi connectivity index (χ1) is 7.86. The first-order valence-corrected chi connectivity index (χ1v) is 5.69. The fourth-order valence-electron chi connectivity index (χ4n) is 2.26. The zero-order valence-electron chi connectivity index (χ0n) is 10.6. The molecule has 1 rings (SSSR count). The van der Waals surface area contributed by atoms with Gasteiger partial charge in [-0.05, 0) is 30.0 Å². The van der Waals surface area contributed by atoms with E-state index in [-0.39, 0.29) is 11.8 Å². The summed E-state index contributed by atoms with van der Waals surface area (Å²) in [6.45, 7) is 5.19. The van der Waals surface area contributed by atoms with Crippen molar-refractivity contribution in [1.82, 2.24) is 0 Å². The van der Waals surface area contributed by atoms with Crippen molar-refractivity contribution in [2.45, 2.75) is 38.8 Å². The molecule has 0 aromatic carbocycles. The normalized spacial score (nSPS) is 32.3. The minimum absolute atomic E-state index is 0.00395. The molecule has 0 radical (unpaired) electrons. The van der Waals surface area contributed by atoms with Crippen LogP contribution in [0.3, 0.4) is 0 Å². The largest absolute Gasteiger partial charge is 0.467 e. The predicted octanol–water partition coefficient (Wildman–Crippen LogP) is 1.65. The first-order valence-electron chi connectivity index (χ1n) is 5.69. The van der Waals surface area contributed by atoms with Gasteiger partial charge in [0.15, 0.2) is 0 Å². The lowest BCUT2D eigenvalue weighted by Gasteiger charge is -2.34. The number of aliphatic hydroxyl groups excluding tert-OH is 1. The predicted molar refractivity (Wildman–Crippen MR) is 63.3 cm³/mol. The van der Waals surface area contributed by atoms with Crippen molar-refractivity contribution in [2.24, 2.45) is 17.0 Å². The molecule has 0 spiro atoms. The van der Waals surface area contributed by atoms with E-state index in [0.29, 0.717) is 12.0 Å². The summed E-state index contributed by atoms with van der Waals surface area (Å²) >= 11 is 0. The Bertz CT molecular complexity index is 352. The maximum Gasteiger partial charge on any atom is 0.341 e. The molecule has 0 amide bonds. The van der Waals surface area contributed by atoms with Gasteiger partial charge in [0.05, 0.1) is 13.2 Å². The molecule has 1 aliphatic carbocycles. The number of hydrogen-bond acceptors (Lipinski definition) is 5. The average Bonchev–Trinajstić information content (AvgIpc) is 2.33. The monoisotopic (exact) mass is 241 g/mol. The number of methoxy groups -OCH3 is 1. The van der Waals surface area contributed by atoms with Crippen molar-refractivity contribution in [3.8, 4) is 0 Å². The van der Waals surface area contributed by atoms with Gasteiger partial charge in [-0.2, -0.15) is 0 Å². The second kappa shape index (κ2) is 4.96. The molecule has 0 aromatic rings. The van der Waals surface area contributed by atoms with Crippen LogP contribution >= 0.6 is 0 Å². The lowest BCUT2D eigenvalue weighted by Crippen LogP contribution is -2.41. The molecule has 0 saturated heterocycles. The minimum atomic E-state index is -1.47. The van der Waals surface area contributed by atoms with Crippen LogP contribution in [-0.2, 0) is 9.53 Å². The van der Waals surface area contributed by atoms with E-state index in [1.165, 1.54) is 14.0 Å². The molecule has 0 aromatic heterocycles. The van der Waals surface area contributed by atoms with Crippen LogP contribution in [0.4, 0.5) is 0 Å². The van der Waals surface area contributed by atoms with Crippen LogP contribution < -0.4 is 0 Å². The van der Waals surface area contributed by atoms with Gasteiger partial charge in [0, 0.05) is 5.92 Å². The maximum atomic E-state index is 11.6. The van der Waals surface area contributed by atoms with Gasteiger partial charge in [-0.15, -0.1) is 4.91 Å². The van der Waals surface area contributed by atoms with E-state index >= 15 is 0 Å². The summed E-state index contributed by atoms with van der Waals surface area (Å²) in [7, 11) is 1.23. The molecule has 96 valence electrons. The zero-order valence-corrected chi connectivity index (χ0v) is 10.6. The Balaban J connectivity index is 3.10. The quantitative estimate of drug-likeness (QED) is 0.463. The minimum Gasteiger partial charge on any atom is -0.467 e. The molecule has 5 nitrogen and oxygen atoms in total. The van der Waals surface area contributed by atoms with Crippen molar-refractivity contribution in [3.05, 3.63) is 16.6 Å². The molecule has 1 aliphatic rings. The molecule has 4 atom stereocenters. The molecule has 0 fully saturated rings. The highest BCUT2D eigenvalue weighted by Crippen LogP contribution is 2.36. The Morgan fingerprint density at radius 3 is 2.59 bits per heavy atom. The third-order valence-corrected chi connectivity index (χ3v) is 3.52. The standard InChI is InChI=1S/C12H19NO4/c1-7-5-9(6-8(2)10(7)14)12(3,13-16)11(15)17-4/h5,7-8,10,14H,6H2,1-4H3. The fraction of sp³-hybridized carbons (Fsp3) is 0.750. The highest BCUT2D eigenvalue weighted by atomic mass is 16.5. The molecule has 0 heterocycles. The second-order valence-corrected chi connectivity index (χ2v) is 4.88. The molecule has 5 heteroatoms. The van der Waals surface area contributed by atoms with Gasteiger partial charge < -0.3 is 9.84 Å². The van der Waals surface area contributed by atoms with E-state index < -0.39 is 17.6 Å². The second-order valence-electron chi connectivity index (χ2n) is 4.88. The van der Waals surface area contributed by atoms with Crippen molar-refractivity contribution in [2.75, 3.05) is 7.11 Å². The average molecular weight is 241 g/mol. The molecular formula is C12H19NO4. The van der Waals surface area contributed by atoms with Gasteiger partial charge in [-0.1, -0.05) is 19.9 Å². The third-order valence-electron chi connectivity index (χ3n) is 3.52. The molecular weight excluding hydrogens is 222 g/mol. The lowest BCUT2D eigenvalue weighted by atomic mass is 9.75. The van der Waals surface area contributed by atoms with E-state index in [0.717, 1.165) is 0 Å². The number of aliphatic hydroxyl groups is 1. The van der Waals surface area contributed by atoms with E-state index in [4.69, 9.17) is 0 Å². The first kappa shape index (κ1) is 13.8. The summed E-state index contributed by atoms with van der Waals surface area (Å²) in [6.07, 6.45) is 1.78. The highest BCUT2D eigenvalue weighted by molar-refractivity contribution is 5.84. The maximum absolute atomic E-state index is 11.6. The van der Waals surface area contributed by atoms with Crippen LogP contribution in [-0.4, -0.2) is 29.8 Å². The van der Waals surface area contributed by atoms with Gasteiger partial charge in [-0.25, -0.2) is 4.79 Å². The number of hydrogen-bond donors (Lipinski definition) is 1. The van der Waals surface area contributed by atoms with Crippen LogP contribution in [0, 0.1) is 16.7 Å². The Kier molecular flexibility index (Phi) is 4.03. The van der Waals surface area contributed by atoms with Crippen LogP contribution in [0.15, 0.2) is 16.8 Å². The van der Waals surface area contributed by atoms with E-state index in [2.05, 4.69) is 9.91 Å². The van der Waals surface area contributed by atoms with Crippen molar-refractivity contribution in [1.29, 1.82) is 0 Å². The molecule has 0 saturated carbocycles. The number of nitrogens with zero attached hydrogens (tertiary/aromatic N) is 1. The molecule has 0 aliphatic heterocycles. The Labute approximate surface area is 101 Å².